The molecule has 0 unspecified atom stereocenters. The summed E-state index contributed by atoms with van der Waals surface area (Å²) in [4.78, 5) is 0.193. The number of benzene rings is 1. The summed E-state index contributed by atoms with van der Waals surface area (Å²) in [5, 5.41) is 0.394. The number of hydrogen-bond acceptors (Lipinski definition) is 3. The zero-order chi connectivity index (χ0) is 15.8. The summed E-state index contributed by atoms with van der Waals surface area (Å²) in [6.45, 7) is 7.29. The van der Waals surface area contributed by atoms with E-state index in [1.807, 2.05) is 0 Å². The van der Waals surface area contributed by atoms with E-state index in [0.717, 1.165) is 12.8 Å². The molecule has 0 bridgehead atoms. The van der Waals surface area contributed by atoms with Crippen LogP contribution in [0.25, 0.3) is 0 Å². The van der Waals surface area contributed by atoms with Crippen molar-refractivity contribution in [1.29, 1.82) is 0 Å². The van der Waals surface area contributed by atoms with Crippen LogP contribution in [0.4, 0.5) is 5.69 Å². The first-order valence-corrected chi connectivity index (χ1v) is 9.11. The van der Waals surface area contributed by atoms with E-state index in [4.69, 9.17) is 17.3 Å². The Kier molecular flexibility index (Phi) is 4.85. The number of nitrogens with zero attached hydrogens (tertiary/aromatic N) is 1. The monoisotopic (exact) mass is 330 g/mol. The second-order valence-electron chi connectivity index (χ2n) is 6.10. The van der Waals surface area contributed by atoms with Gasteiger partial charge in [-0.3, -0.25) is 0 Å². The van der Waals surface area contributed by atoms with Crippen LogP contribution in [0.1, 0.15) is 32.3 Å². The van der Waals surface area contributed by atoms with Gasteiger partial charge in [-0.15, -0.1) is 0 Å². The Morgan fingerprint density at radius 1 is 1.29 bits per heavy atom. The minimum absolute atomic E-state index is 0.193. The molecule has 0 aromatic heterocycles. The zero-order valence-corrected chi connectivity index (χ0v) is 14.3. The number of anilines is 1. The van der Waals surface area contributed by atoms with E-state index >= 15 is 0 Å². The zero-order valence-electron chi connectivity index (χ0n) is 12.8. The van der Waals surface area contributed by atoms with Crippen LogP contribution in [0.15, 0.2) is 17.0 Å². The maximum absolute atomic E-state index is 12.7. The highest BCUT2D eigenvalue weighted by Crippen LogP contribution is 2.31. The van der Waals surface area contributed by atoms with Crippen molar-refractivity contribution in [3.63, 3.8) is 0 Å². The fourth-order valence-corrected chi connectivity index (χ4v) is 4.58. The van der Waals surface area contributed by atoms with Crippen molar-refractivity contribution in [2.75, 3.05) is 18.8 Å². The molecule has 4 nitrogen and oxygen atoms in total. The highest BCUT2D eigenvalue weighted by atomic mass is 35.5. The van der Waals surface area contributed by atoms with E-state index < -0.39 is 10.0 Å². The van der Waals surface area contributed by atoms with Gasteiger partial charge in [0.1, 0.15) is 0 Å². The molecule has 2 N–H and O–H groups in total. The van der Waals surface area contributed by atoms with Gasteiger partial charge < -0.3 is 5.73 Å². The van der Waals surface area contributed by atoms with Gasteiger partial charge in [0.2, 0.25) is 10.0 Å². The van der Waals surface area contributed by atoms with Crippen molar-refractivity contribution in [1.82, 2.24) is 4.31 Å². The Balaban J connectivity index is 2.24. The average Bonchev–Trinajstić information content (AvgIpc) is 2.44. The normalized spacial score (nSPS) is 18.3. The largest absolute Gasteiger partial charge is 0.398 e. The fraction of sp³-hybridized carbons (Fsp3) is 0.600. The topological polar surface area (TPSA) is 63.4 Å². The third kappa shape index (κ3) is 3.35. The number of sulfonamides is 1. The lowest BCUT2D eigenvalue weighted by Gasteiger charge is -2.33. The Bertz CT molecular complexity index is 598. The molecule has 1 fully saturated rings. The quantitative estimate of drug-likeness (QED) is 0.865. The van der Waals surface area contributed by atoms with Crippen molar-refractivity contribution >= 4 is 27.3 Å². The Hall–Kier alpha value is -0.780. The van der Waals surface area contributed by atoms with Crippen LogP contribution in [0.2, 0.25) is 5.02 Å². The highest BCUT2D eigenvalue weighted by molar-refractivity contribution is 7.89. The minimum Gasteiger partial charge on any atom is -0.398 e. The highest BCUT2D eigenvalue weighted by Gasteiger charge is 2.30. The number of hydrogen-bond donors (Lipinski definition) is 1. The van der Waals surface area contributed by atoms with E-state index in [9.17, 15) is 8.42 Å². The van der Waals surface area contributed by atoms with Crippen LogP contribution in [-0.4, -0.2) is 25.8 Å². The summed E-state index contributed by atoms with van der Waals surface area (Å²) in [6.07, 6.45) is 1.82. The minimum atomic E-state index is -3.50. The second-order valence-corrected chi connectivity index (χ2v) is 8.45. The molecule has 21 heavy (non-hydrogen) atoms. The Labute approximate surface area is 132 Å². The number of piperidine rings is 1. The number of rotatable bonds is 3. The van der Waals surface area contributed by atoms with Gasteiger partial charge in [0.25, 0.3) is 0 Å². The number of nitrogens with two attached hydrogens (primary N) is 1. The summed E-state index contributed by atoms with van der Waals surface area (Å²) < 4.78 is 26.9. The summed E-state index contributed by atoms with van der Waals surface area (Å²) >= 11 is 6.07. The molecular formula is C15H23ClN2O2S. The fourth-order valence-electron chi connectivity index (χ4n) is 2.76. The number of halogens is 1. The smallest absolute Gasteiger partial charge is 0.243 e. The Morgan fingerprint density at radius 3 is 2.33 bits per heavy atom. The van der Waals surface area contributed by atoms with Crippen molar-refractivity contribution in [2.24, 2.45) is 11.8 Å². The van der Waals surface area contributed by atoms with E-state index in [0.29, 0.717) is 41.2 Å². The molecule has 1 aliphatic rings. The summed E-state index contributed by atoms with van der Waals surface area (Å²) in [5.41, 5.74) is 6.97. The van der Waals surface area contributed by atoms with Crippen molar-refractivity contribution in [3.05, 3.63) is 22.7 Å². The van der Waals surface area contributed by atoms with E-state index in [2.05, 4.69) is 13.8 Å². The molecule has 0 saturated carbocycles. The van der Waals surface area contributed by atoms with Gasteiger partial charge in [-0.1, -0.05) is 25.4 Å². The summed E-state index contributed by atoms with van der Waals surface area (Å²) in [7, 11) is -3.50. The first-order valence-electron chi connectivity index (χ1n) is 7.29. The molecule has 1 aromatic rings. The first-order chi connectivity index (χ1) is 9.73. The summed E-state index contributed by atoms with van der Waals surface area (Å²) in [6, 6.07) is 3.00. The SMILES string of the molecule is Cc1c(N)cc(S(=O)(=O)N2CCC(C(C)C)CC2)cc1Cl. The van der Waals surface area contributed by atoms with Crippen LogP contribution in [0.3, 0.4) is 0 Å². The number of nitrogen functional groups attached to an aromatic ring is 1. The van der Waals surface area contributed by atoms with Crippen LogP contribution >= 0.6 is 11.6 Å². The molecule has 0 aliphatic carbocycles. The van der Waals surface area contributed by atoms with Gasteiger partial charge >= 0.3 is 0 Å². The summed E-state index contributed by atoms with van der Waals surface area (Å²) in [5.74, 6) is 1.20. The third-order valence-corrected chi connectivity index (χ3v) is 6.71. The molecule has 2 rings (SSSR count). The molecule has 1 aromatic carbocycles. The van der Waals surface area contributed by atoms with E-state index in [1.54, 1.807) is 11.2 Å². The molecule has 1 saturated heterocycles. The second kappa shape index (κ2) is 6.15. The lowest BCUT2D eigenvalue weighted by Crippen LogP contribution is -2.39. The standard InChI is InChI=1S/C15H23ClN2O2S/c1-10(2)12-4-6-18(7-5-12)21(19,20)13-8-14(16)11(3)15(17)9-13/h8-10,12H,4-7,17H2,1-3H3. The average molecular weight is 331 g/mol. The van der Waals surface area contributed by atoms with Crippen molar-refractivity contribution < 1.29 is 8.42 Å². The van der Waals surface area contributed by atoms with Crippen LogP contribution < -0.4 is 5.73 Å². The van der Waals surface area contributed by atoms with Crippen molar-refractivity contribution in [2.45, 2.75) is 38.5 Å². The van der Waals surface area contributed by atoms with Gasteiger partial charge in [-0.05, 0) is 49.3 Å². The lowest BCUT2D eigenvalue weighted by molar-refractivity contribution is 0.226. The van der Waals surface area contributed by atoms with Gasteiger partial charge in [0.15, 0.2) is 0 Å². The Morgan fingerprint density at radius 2 is 1.86 bits per heavy atom. The molecule has 118 valence electrons. The van der Waals surface area contributed by atoms with Crippen LogP contribution in [0.5, 0.6) is 0 Å². The molecular weight excluding hydrogens is 308 g/mol. The molecule has 1 heterocycles. The molecule has 0 radical (unpaired) electrons. The lowest BCUT2D eigenvalue weighted by atomic mass is 9.87. The van der Waals surface area contributed by atoms with E-state index in [1.165, 1.54) is 12.1 Å². The maximum atomic E-state index is 12.7. The molecule has 0 spiro atoms. The molecule has 6 heteroatoms. The van der Waals surface area contributed by atoms with Crippen LogP contribution in [0, 0.1) is 18.8 Å². The maximum Gasteiger partial charge on any atom is 0.243 e. The van der Waals surface area contributed by atoms with Gasteiger partial charge in [-0.2, -0.15) is 4.31 Å². The first kappa shape index (κ1) is 16.6. The van der Waals surface area contributed by atoms with Gasteiger partial charge in [-0.25, -0.2) is 8.42 Å². The van der Waals surface area contributed by atoms with Crippen molar-refractivity contribution in [3.8, 4) is 0 Å². The third-order valence-electron chi connectivity index (χ3n) is 4.44. The predicted molar refractivity (Wildman–Crippen MR) is 86.9 cm³/mol. The van der Waals surface area contributed by atoms with Crippen LogP contribution in [-0.2, 0) is 10.0 Å². The van der Waals surface area contributed by atoms with E-state index in [-0.39, 0.29) is 4.90 Å². The predicted octanol–water partition coefficient (Wildman–Crippen LogP) is 3.29. The van der Waals surface area contributed by atoms with Gasteiger partial charge in [0.05, 0.1) is 4.90 Å². The van der Waals surface area contributed by atoms with Gasteiger partial charge in [0, 0.05) is 23.8 Å². The molecule has 0 amide bonds. The molecule has 1 aliphatic heterocycles. The molecule has 0 atom stereocenters.